The van der Waals surface area contributed by atoms with Crippen molar-refractivity contribution in [1.29, 1.82) is 0 Å². The Morgan fingerprint density at radius 1 is 1.00 bits per heavy atom. The number of para-hydroxylation sites is 2. The van der Waals surface area contributed by atoms with E-state index in [1.165, 1.54) is 42.8 Å². The highest BCUT2D eigenvalue weighted by atomic mass is 16.2. The highest BCUT2D eigenvalue weighted by Gasteiger charge is 2.37. The molecular formula is C20H28N2O. The van der Waals surface area contributed by atoms with Crippen molar-refractivity contribution >= 4 is 5.69 Å². The maximum atomic E-state index is 9.38. The molecule has 3 nitrogen and oxygen atoms in total. The van der Waals surface area contributed by atoms with Crippen molar-refractivity contribution < 1.29 is 5.11 Å². The SMILES string of the molecule is CCCCCCC1(CCCO)Nc2ccccc2-n2cccc21. The molecule has 3 heteroatoms. The Bertz CT molecular complexity index is 634. The minimum Gasteiger partial charge on any atom is -0.396 e. The van der Waals surface area contributed by atoms with Crippen LogP contribution in [-0.2, 0) is 5.54 Å². The van der Waals surface area contributed by atoms with Crippen LogP contribution in [0.15, 0.2) is 42.6 Å². The second-order valence-corrected chi connectivity index (χ2v) is 6.63. The third-order valence-electron chi connectivity index (χ3n) is 5.00. The summed E-state index contributed by atoms with van der Waals surface area (Å²) in [6.07, 6.45) is 10.1. The van der Waals surface area contributed by atoms with Crippen molar-refractivity contribution in [2.45, 2.75) is 57.4 Å². The Morgan fingerprint density at radius 3 is 2.65 bits per heavy atom. The lowest BCUT2D eigenvalue weighted by Gasteiger charge is -2.41. The van der Waals surface area contributed by atoms with Crippen LogP contribution in [0.4, 0.5) is 5.69 Å². The molecule has 0 radical (unpaired) electrons. The smallest absolute Gasteiger partial charge is 0.0780 e. The van der Waals surface area contributed by atoms with Gasteiger partial charge in [-0.1, -0.05) is 44.7 Å². The summed E-state index contributed by atoms with van der Waals surface area (Å²) >= 11 is 0. The van der Waals surface area contributed by atoms with E-state index >= 15 is 0 Å². The predicted octanol–water partition coefficient (Wildman–Crippen LogP) is 4.84. The lowest BCUT2D eigenvalue weighted by molar-refractivity contribution is 0.257. The fourth-order valence-electron chi connectivity index (χ4n) is 3.83. The van der Waals surface area contributed by atoms with Crippen LogP contribution in [0.5, 0.6) is 0 Å². The number of unbranched alkanes of at least 4 members (excludes halogenated alkanes) is 3. The standard InChI is InChI=1S/C20H28N2O/c1-2-3-4-7-13-20(14-9-16-23)19-12-8-15-22(19)18-11-6-5-10-17(18)21-20/h5-6,8,10-12,15,21,23H,2-4,7,9,13-14,16H2,1H3. The minimum absolute atomic E-state index is 0.0612. The molecule has 2 heterocycles. The van der Waals surface area contributed by atoms with E-state index < -0.39 is 0 Å². The lowest BCUT2D eigenvalue weighted by Crippen LogP contribution is -2.40. The molecule has 124 valence electrons. The average molecular weight is 312 g/mol. The molecule has 0 amide bonds. The summed E-state index contributed by atoms with van der Waals surface area (Å²) in [5, 5.41) is 13.2. The zero-order valence-corrected chi connectivity index (χ0v) is 14.1. The first kappa shape index (κ1) is 16.1. The van der Waals surface area contributed by atoms with E-state index in [2.05, 4.69) is 59.4 Å². The molecule has 0 saturated heterocycles. The van der Waals surface area contributed by atoms with E-state index in [9.17, 15) is 5.11 Å². The van der Waals surface area contributed by atoms with Crippen molar-refractivity contribution in [3.63, 3.8) is 0 Å². The Hall–Kier alpha value is -1.74. The van der Waals surface area contributed by atoms with Crippen LogP contribution in [0.1, 0.15) is 57.6 Å². The second-order valence-electron chi connectivity index (χ2n) is 6.63. The Kier molecular flexibility index (Phi) is 5.06. The number of aliphatic hydroxyl groups excluding tert-OH is 1. The fraction of sp³-hybridized carbons (Fsp3) is 0.500. The first-order chi connectivity index (χ1) is 11.3. The van der Waals surface area contributed by atoms with Gasteiger partial charge in [0.1, 0.15) is 0 Å². The number of anilines is 1. The van der Waals surface area contributed by atoms with Crippen molar-refractivity contribution in [3.8, 4) is 5.69 Å². The van der Waals surface area contributed by atoms with Crippen molar-refractivity contribution in [2.24, 2.45) is 0 Å². The minimum atomic E-state index is -0.0612. The molecule has 1 atom stereocenters. The van der Waals surface area contributed by atoms with Crippen LogP contribution in [0, 0.1) is 0 Å². The Morgan fingerprint density at radius 2 is 1.83 bits per heavy atom. The molecule has 1 aliphatic rings. The van der Waals surface area contributed by atoms with Gasteiger partial charge in [-0.15, -0.1) is 0 Å². The number of aliphatic hydroxyl groups is 1. The maximum Gasteiger partial charge on any atom is 0.0780 e. The van der Waals surface area contributed by atoms with E-state index in [1.807, 2.05) is 0 Å². The zero-order chi connectivity index (χ0) is 16.1. The van der Waals surface area contributed by atoms with E-state index in [-0.39, 0.29) is 12.1 Å². The van der Waals surface area contributed by atoms with Crippen molar-refractivity contribution in [2.75, 3.05) is 11.9 Å². The van der Waals surface area contributed by atoms with Crippen LogP contribution in [-0.4, -0.2) is 16.3 Å². The fourth-order valence-corrected chi connectivity index (χ4v) is 3.83. The molecule has 0 aliphatic carbocycles. The van der Waals surface area contributed by atoms with Gasteiger partial charge in [-0.3, -0.25) is 0 Å². The molecular weight excluding hydrogens is 284 g/mol. The number of benzene rings is 1. The lowest BCUT2D eigenvalue weighted by atomic mass is 9.82. The third-order valence-corrected chi connectivity index (χ3v) is 5.00. The van der Waals surface area contributed by atoms with Gasteiger partial charge in [0, 0.05) is 18.5 Å². The summed E-state index contributed by atoms with van der Waals surface area (Å²) in [7, 11) is 0. The van der Waals surface area contributed by atoms with Crippen LogP contribution in [0.2, 0.25) is 0 Å². The molecule has 0 fully saturated rings. The van der Waals surface area contributed by atoms with Crippen LogP contribution in [0.25, 0.3) is 5.69 Å². The number of aromatic nitrogens is 1. The topological polar surface area (TPSA) is 37.2 Å². The van der Waals surface area contributed by atoms with Crippen LogP contribution in [0.3, 0.4) is 0 Å². The molecule has 0 bridgehead atoms. The van der Waals surface area contributed by atoms with E-state index in [0.29, 0.717) is 0 Å². The molecule has 0 saturated carbocycles. The molecule has 1 aromatic heterocycles. The molecule has 0 spiro atoms. The van der Waals surface area contributed by atoms with Crippen molar-refractivity contribution in [3.05, 3.63) is 48.3 Å². The summed E-state index contributed by atoms with van der Waals surface area (Å²) < 4.78 is 2.32. The van der Waals surface area contributed by atoms with Gasteiger partial charge in [-0.25, -0.2) is 0 Å². The third kappa shape index (κ3) is 3.16. The van der Waals surface area contributed by atoms with Crippen LogP contribution < -0.4 is 5.32 Å². The largest absolute Gasteiger partial charge is 0.396 e. The summed E-state index contributed by atoms with van der Waals surface area (Å²) in [4.78, 5) is 0. The van der Waals surface area contributed by atoms with Gasteiger partial charge in [0.05, 0.1) is 16.9 Å². The number of hydrogen-bond donors (Lipinski definition) is 2. The van der Waals surface area contributed by atoms with Gasteiger partial charge in [0.2, 0.25) is 0 Å². The highest BCUT2D eigenvalue weighted by Crippen LogP contribution is 2.43. The van der Waals surface area contributed by atoms with Gasteiger partial charge in [0.25, 0.3) is 0 Å². The molecule has 3 rings (SSSR count). The van der Waals surface area contributed by atoms with E-state index in [0.717, 1.165) is 19.3 Å². The Balaban J connectivity index is 1.93. The second kappa shape index (κ2) is 7.22. The molecule has 1 aliphatic heterocycles. The molecule has 23 heavy (non-hydrogen) atoms. The van der Waals surface area contributed by atoms with Gasteiger partial charge in [-0.2, -0.15) is 0 Å². The van der Waals surface area contributed by atoms with Gasteiger partial charge >= 0.3 is 0 Å². The number of nitrogens with one attached hydrogen (secondary N) is 1. The summed E-state index contributed by atoms with van der Waals surface area (Å²) in [6, 6.07) is 12.9. The van der Waals surface area contributed by atoms with E-state index in [4.69, 9.17) is 0 Å². The number of fused-ring (bicyclic) bond motifs is 3. The summed E-state index contributed by atoms with van der Waals surface area (Å²) in [6.45, 7) is 2.50. The zero-order valence-electron chi connectivity index (χ0n) is 14.1. The normalized spacial score (nSPS) is 19.0. The predicted molar refractivity (Wildman–Crippen MR) is 96.1 cm³/mol. The average Bonchev–Trinajstić information content (AvgIpc) is 3.08. The Labute approximate surface area is 139 Å². The molecule has 2 aromatic rings. The summed E-state index contributed by atoms with van der Waals surface area (Å²) in [5.74, 6) is 0. The number of nitrogens with zero attached hydrogens (tertiary/aromatic N) is 1. The number of rotatable bonds is 8. The monoisotopic (exact) mass is 312 g/mol. The first-order valence-electron chi connectivity index (χ1n) is 8.97. The molecule has 1 aromatic carbocycles. The first-order valence-corrected chi connectivity index (χ1v) is 8.97. The van der Waals surface area contributed by atoms with Gasteiger partial charge < -0.3 is 15.0 Å². The molecule has 1 unspecified atom stereocenters. The quantitative estimate of drug-likeness (QED) is 0.684. The highest BCUT2D eigenvalue weighted by molar-refractivity contribution is 5.66. The summed E-state index contributed by atoms with van der Waals surface area (Å²) in [5.41, 5.74) is 3.69. The number of hydrogen-bond acceptors (Lipinski definition) is 2. The van der Waals surface area contributed by atoms with Gasteiger partial charge in [-0.05, 0) is 43.5 Å². The van der Waals surface area contributed by atoms with Crippen LogP contribution >= 0.6 is 0 Å². The van der Waals surface area contributed by atoms with E-state index in [1.54, 1.807) is 0 Å². The maximum absolute atomic E-state index is 9.38. The van der Waals surface area contributed by atoms with Crippen molar-refractivity contribution in [1.82, 2.24) is 4.57 Å². The molecule has 2 N–H and O–H groups in total. The van der Waals surface area contributed by atoms with Gasteiger partial charge in [0.15, 0.2) is 0 Å².